The van der Waals surface area contributed by atoms with E-state index >= 15 is 0 Å². The number of carbonyl (C=O) groups is 2. The molecular weight excluding hydrogens is 424 g/mol. The van der Waals surface area contributed by atoms with Crippen LogP contribution in [-0.2, 0) is 22.4 Å². The van der Waals surface area contributed by atoms with Gasteiger partial charge in [-0.2, -0.15) is 0 Å². The largest absolute Gasteiger partial charge is 0.497 e. The van der Waals surface area contributed by atoms with Crippen LogP contribution in [0.4, 0.5) is 10.8 Å². The van der Waals surface area contributed by atoms with Crippen molar-refractivity contribution in [2.75, 3.05) is 23.9 Å². The summed E-state index contributed by atoms with van der Waals surface area (Å²) in [7, 11) is 1.65. The molecule has 1 aromatic heterocycles. The monoisotopic (exact) mass is 450 g/mol. The Morgan fingerprint density at radius 2 is 1.91 bits per heavy atom. The molecule has 1 aliphatic heterocycles. The van der Waals surface area contributed by atoms with Crippen LogP contribution in [0.1, 0.15) is 28.1 Å². The highest BCUT2D eigenvalue weighted by Crippen LogP contribution is 2.28. The molecule has 8 heteroatoms. The van der Waals surface area contributed by atoms with E-state index in [1.54, 1.807) is 12.0 Å². The van der Waals surface area contributed by atoms with E-state index < -0.39 is 5.92 Å². The molecule has 32 heavy (non-hydrogen) atoms. The first-order valence-electron chi connectivity index (χ1n) is 10.6. The summed E-state index contributed by atoms with van der Waals surface area (Å²) in [4.78, 5) is 27.0. The summed E-state index contributed by atoms with van der Waals surface area (Å²) in [6.07, 6.45) is 1.76. The van der Waals surface area contributed by atoms with Crippen molar-refractivity contribution in [3.63, 3.8) is 0 Å². The smallest absolute Gasteiger partial charge is 0.231 e. The highest BCUT2D eigenvalue weighted by atomic mass is 32.1. The molecule has 2 amide bonds. The first kappa shape index (κ1) is 22.0. The van der Waals surface area contributed by atoms with Crippen LogP contribution >= 0.6 is 11.3 Å². The first-order chi connectivity index (χ1) is 15.4. The highest BCUT2D eigenvalue weighted by Gasteiger charge is 2.35. The summed E-state index contributed by atoms with van der Waals surface area (Å²) in [6, 6.07) is 13.9. The molecule has 2 heterocycles. The van der Waals surface area contributed by atoms with Gasteiger partial charge < -0.3 is 15.0 Å². The van der Waals surface area contributed by atoms with Gasteiger partial charge in [-0.15, -0.1) is 10.2 Å². The van der Waals surface area contributed by atoms with Gasteiger partial charge in [0.1, 0.15) is 10.8 Å². The van der Waals surface area contributed by atoms with Crippen LogP contribution in [0.5, 0.6) is 5.75 Å². The zero-order valence-corrected chi connectivity index (χ0v) is 19.2. The molecule has 0 saturated carbocycles. The van der Waals surface area contributed by atoms with Crippen molar-refractivity contribution < 1.29 is 14.3 Å². The summed E-state index contributed by atoms with van der Waals surface area (Å²) in [5.74, 6) is 0.195. The third-order valence-electron chi connectivity index (χ3n) is 5.78. The van der Waals surface area contributed by atoms with E-state index in [1.807, 2.05) is 56.3 Å². The van der Waals surface area contributed by atoms with E-state index in [0.29, 0.717) is 11.7 Å². The number of methoxy groups -OCH3 is 1. The number of rotatable bonds is 7. The lowest BCUT2D eigenvalue weighted by Gasteiger charge is -2.17. The number of hydrogen-bond acceptors (Lipinski definition) is 6. The second-order valence-electron chi connectivity index (χ2n) is 8.01. The third-order valence-corrected chi connectivity index (χ3v) is 6.68. The Kier molecular flexibility index (Phi) is 6.50. The topological polar surface area (TPSA) is 84.4 Å². The molecule has 1 atom stereocenters. The van der Waals surface area contributed by atoms with Gasteiger partial charge in [-0.25, -0.2) is 0 Å². The molecule has 0 spiro atoms. The predicted molar refractivity (Wildman–Crippen MR) is 125 cm³/mol. The molecule has 0 aliphatic carbocycles. The zero-order chi connectivity index (χ0) is 22.7. The Balaban J connectivity index is 1.32. The summed E-state index contributed by atoms with van der Waals surface area (Å²) in [5, 5.41) is 12.5. The number of aromatic nitrogens is 2. The fourth-order valence-electron chi connectivity index (χ4n) is 3.68. The van der Waals surface area contributed by atoms with E-state index in [2.05, 4.69) is 15.5 Å². The van der Waals surface area contributed by atoms with Gasteiger partial charge in [0, 0.05) is 25.1 Å². The molecule has 1 saturated heterocycles. The van der Waals surface area contributed by atoms with E-state index in [-0.39, 0.29) is 18.2 Å². The number of aryl methyl sites for hydroxylation is 4. The van der Waals surface area contributed by atoms with Crippen molar-refractivity contribution in [2.45, 2.75) is 33.1 Å². The van der Waals surface area contributed by atoms with Crippen molar-refractivity contribution in [3.8, 4) is 5.75 Å². The van der Waals surface area contributed by atoms with Crippen molar-refractivity contribution in [1.82, 2.24) is 10.2 Å². The molecule has 2 aromatic carbocycles. The molecule has 1 aliphatic rings. The van der Waals surface area contributed by atoms with E-state index in [9.17, 15) is 9.59 Å². The number of ether oxygens (including phenoxy) is 1. The number of nitrogens with one attached hydrogen (secondary N) is 1. The molecule has 4 rings (SSSR count). The minimum atomic E-state index is -0.407. The van der Waals surface area contributed by atoms with Gasteiger partial charge in [-0.3, -0.25) is 9.59 Å². The minimum Gasteiger partial charge on any atom is -0.497 e. The van der Waals surface area contributed by atoms with Crippen LogP contribution in [-0.4, -0.2) is 35.7 Å². The van der Waals surface area contributed by atoms with Crippen molar-refractivity contribution in [1.29, 1.82) is 0 Å². The molecule has 0 radical (unpaired) electrons. The Bertz CT molecular complexity index is 1130. The normalized spacial score (nSPS) is 15.8. The fourth-order valence-corrected chi connectivity index (χ4v) is 4.42. The molecule has 1 fully saturated rings. The summed E-state index contributed by atoms with van der Waals surface area (Å²) in [5.41, 5.74) is 4.32. The SMILES string of the molecule is COc1ccc(CCc2nnc(NC(=O)C3CC(=O)N(c4ccc(C)c(C)c4)C3)s2)cc1. The van der Waals surface area contributed by atoms with Crippen molar-refractivity contribution in [2.24, 2.45) is 5.92 Å². The van der Waals surface area contributed by atoms with Gasteiger partial charge in [0.25, 0.3) is 0 Å². The van der Waals surface area contributed by atoms with Crippen molar-refractivity contribution >= 4 is 34.0 Å². The van der Waals surface area contributed by atoms with Crippen molar-refractivity contribution in [3.05, 3.63) is 64.2 Å². The van der Waals surface area contributed by atoms with Crippen LogP contribution < -0.4 is 15.0 Å². The second-order valence-corrected chi connectivity index (χ2v) is 9.07. The zero-order valence-electron chi connectivity index (χ0n) is 18.4. The van der Waals surface area contributed by atoms with Gasteiger partial charge in [0.2, 0.25) is 16.9 Å². The predicted octanol–water partition coefficient (Wildman–Crippen LogP) is 3.94. The minimum absolute atomic E-state index is 0.0363. The maximum atomic E-state index is 12.7. The van der Waals surface area contributed by atoms with E-state index in [0.717, 1.165) is 34.8 Å². The maximum absolute atomic E-state index is 12.7. The summed E-state index contributed by atoms with van der Waals surface area (Å²) >= 11 is 1.37. The van der Waals surface area contributed by atoms with Crippen LogP contribution in [0.15, 0.2) is 42.5 Å². The molecule has 0 bridgehead atoms. The number of anilines is 2. The maximum Gasteiger partial charge on any atom is 0.231 e. The van der Waals surface area contributed by atoms with Gasteiger partial charge in [0.15, 0.2) is 0 Å². The first-order valence-corrected chi connectivity index (χ1v) is 11.4. The van der Waals surface area contributed by atoms with Crippen LogP contribution in [0, 0.1) is 19.8 Å². The van der Waals surface area contributed by atoms with Crippen LogP contribution in [0.2, 0.25) is 0 Å². The molecule has 166 valence electrons. The number of nitrogens with zero attached hydrogens (tertiary/aromatic N) is 3. The number of benzene rings is 2. The number of hydrogen-bond donors (Lipinski definition) is 1. The molecule has 1 unspecified atom stereocenters. The molecule has 7 nitrogen and oxygen atoms in total. The molecular formula is C24H26N4O3S. The van der Waals surface area contributed by atoms with Gasteiger partial charge >= 0.3 is 0 Å². The highest BCUT2D eigenvalue weighted by molar-refractivity contribution is 7.15. The lowest BCUT2D eigenvalue weighted by molar-refractivity contribution is -0.122. The Morgan fingerprint density at radius 1 is 1.12 bits per heavy atom. The quantitative estimate of drug-likeness (QED) is 0.589. The Labute approximate surface area is 191 Å². The van der Waals surface area contributed by atoms with E-state index in [4.69, 9.17) is 4.74 Å². The second kappa shape index (κ2) is 9.48. The lowest BCUT2D eigenvalue weighted by Crippen LogP contribution is -2.28. The Hall–Kier alpha value is -3.26. The standard InChI is InChI=1S/C24H26N4O3S/c1-15-4-8-19(12-16(15)2)28-14-18(13-22(28)29)23(30)25-24-27-26-21(32-24)11-7-17-5-9-20(31-3)10-6-17/h4-6,8-10,12,18H,7,11,13-14H2,1-3H3,(H,25,27,30). The van der Waals surface area contributed by atoms with Gasteiger partial charge in [-0.05, 0) is 61.2 Å². The van der Waals surface area contributed by atoms with Crippen LogP contribution in [0.3, 0.4) is 0 Å². The lowest BCUT2D eigenvalue weighted by atomic mass is 10.1. The summed E-state index contributed by atoms with van der Waals surface area (Å²) < 4.78 is 5.18. The van der Waals surface area contributed by atoms with Gasteiger partial charge in [0.05, 0.1) is 13.0 Å². The Morgan fingerprint density at radius 3 is 2.62 bits per heavy atom. The molecule has 3 aromatic rings. The number of carbonyl (C=O) groups excluding carboxylic acids is 2. The van der Waals surface area contributed by atoms with Crippen LogP contribution in [0.25, 0.3) is 0 Å². The molecule has 1 N–H and O–H groups in total. The fraction of sp³-hybridized carbons (Fsp3) is 0.333. The average molecular weight is 451 g/mol. The van der Waals surface area contributed by atoms with Gasteiger partial charge in [-0.1, -0.05) is 29.5 Å². The third kappa shape index (κ3) is 4.96. The summed E-state index contributed by atoms with van der Waals surface area (Å²) in [6.45, 7) is 4.43. The van der Waals surface area contributed by atoms with E-state index in [1.165, 1.54) is 22.5 Å². The average Bonchev–Trinajstić information content (AvgIpc) is 3.41. The number of amides is 2.